The van der Waals surface area contributed by atoms with Crippen LogP contribution in [0.5, 0.6) is 0 Å². The number of carboxylic acids is 1. The summed E-state index contributed by atoms with van der Waals surface area (Å²) in [5, 5.41) is 10.4. The average molecular weight is 356 g/mol. The predicted octanol–water partition coefficient (Wildman–Crippen LogP) is 4.98. The molecule has 0 unspecified atom stereocenters. The lowest BCUT2D eigenvalue weighted by Crippen LogP contribution is -2.06. The number of fused-ring (bicyclic) bond motifs is 1. The summed E-state index contributed by atoms with van der Waals surface area (Å²) in [5.74, 6) is -0.937. The highest BCUT2D eigenvalue weighted by molar-refractivity contribution is 9.10. The molecule has 0 spiro atoms. The summed E-state index contributed by atoms with van der Waals surface area (Å²) in [4.78, 5) is 16.6. The van der Waals surface area contributed by atoms with Gasteiger partial charge in [-0.25, -0.2) is 9.78 Å². The van der Waals surface area contributed by atoms with Crippen LogP contribution in [0.15, 0.2) is 46.9 Å². The Labute approximate surface area is 136 Å². The lowest BCUT2D eigenvalue weighted by molar-refractivity contribution is 0.0698. The molecule has 0 bridgehead atoms. The second-order valence-corrected chi connectivity index (χ2v) is 6.07. The van der Waals surface area contributed by atoms with Crippen molar-refractivity contribution in [3.05, 3.63) is 63.6 Å². The molecule has 3 aromatic rings. The van der Waals surface area contributed by atoms with Crippen LogP contribution in [-0.4, -0.2) is 16.1 Å². The summed E-state index contributed by atoms with van der Waals surface area (Å²) in [6, 6.07) is 13.5. The maximum Gasteiger partial charge on any atom is 0.336 e. The largest absolute Gasteiger partial charge is 0.478 e. The second kappa shape index (κ2) is 5.54. The number of aromatic carboxylic acids is 1. The second-order valence-electron chi connectivity index (χ2n) is 5.22. The van der Waals surface area contributed by atoms with Gasteiger partial charge in [0.15, 0.2) is 0 Å². The quantitative estimate of drug-likeness (QED) is 0.705. The van der Waals surface area contributed by atoms with E-state index in [4.69, 9.17) is 4.98 Å². The molecule has 0 fully saturated rings. The first kappa shape index (κ1) is 14.7. The van der Waals surface area contributed by atoms with Gasteiger partial charge in [-0.05, 0) is 31.0 Å². The fourth-order valence-corrected chi connectivity index (χ4v) is 3.22. The van der Waals surface area contributed by atoms with Gasteiger partial charge in [-0.15, -0.1) is 0 Å². The van der Waals surface area contributed by atoms with E-state index in [2.05, 4.69) is 15.9 Å². The molecule has 0 aliphatic carbocycles. The highest BCUT2D eigenvalue weighted by Crippen LogP contribution is 2.34. The smallest absolute Gasteiger partial charge is 0.336 e. The summed E-state index contributed by atoms with van der Waals surface area (Å²) in [6.07, 6.45) is 0. The van der Waals surface area contributed by atoms with Gasteiger partial charge in [0, 0.05) is 15.4 Å². The van der Waals surface area contributed by atoms with Gasteiger partial charge in [0.2, 0.25) is 0 Å². The molecule has 0 aliphatic heterocycles. The van der Waals surface area contributed by atoms with Crippen molar-refractivity contribution < 1.29 is 9.90 Å². The van der Waals surface area contributed by atoms with Crippen molar-refractivity contribution in [1.82, 2.24) is 4.98 Å². The number of rotatable bonds is 2. The van der Waals surface area contributed by atoms with Crippen molar-refractivity contribution in [2.24, 2.45) is 0 Å². The van der Waals surface area contributed by atoms with Crippen LogP contribution in [0.4, 0.5) is 0 Å². The number of carbonyl (C=O) groups is 1. The molecule has 0 aliphatic rings. The summed E-state index contributed by atoms with van der Waals surface area (Å²) in [7, 11) is 0. The molecule has 110 valence electrons. The van der Waals surface area contributed by atoms with Crippen molar-refractivity contribution in [2.45, 2.75) is 13.8 Å². The third-order valence-electron chi connectivity index (χ3n) is 3.79. The normalized spacial score (nSPS) is 10.9. The van der Waals surface area contributed by atoms with Crippen molar-refractivity contribution in [1.29, 1.82) is 0 Å². The molecular formula is C18H14BrNO2. The van der Waals surface area contributed by atoms with E-state index in [-0.39, 0.29) is 0 Å². The number of nitrogens with zero attached hydrogens (tertiary/aromatic N) is 1. The number of benzene rings is 2. The van der Waals surface area contributed by atoms with Crippen LogP contribution >= 0.6 is 15.9 Å². The van der Waals surface area contributed by atoms with Gasteiger partial charge in [0.05, 0.1) is 16.8 Å². The molecular weight excluding hydrogens is 342 g/mol. The van der Waals surface area contributed by atoms with Crippen molar-refractivity contribution in [3.8, 4) is 11.3 Å². The van der Waals surface area contributed by atoms with Crippen molar-refractivity contribution >= 4 is 32.8 Å². The zero-order valence-corrected chi connectivity index (χ0v) is 13.8. The SMILES string of the molecule is Cc1c(-c2ccccc2)nc2c(C)ccc(Br)c2c1C(=O)O. The van der Waals surface area contributed by atoms with E-state index in [0.717, 1.165) is 21.1 Å². The Bertz CT molecular complexity index is 889. The molecule has 2 aromatic carbocycles. The predicted molar refractivity (Wildman–Crippen MR) is 91.3 cm³/mol. The first-order valence-corrected chi connectivity index (χ1v) is 7.68. The molecule has 1 N–H and O–H groups in total. The number of aromatic nitrogens is 1. The van der Waals surface area contributed by atoms with Gasteiger partial charge in [-0.3, -0.25) is 0 Å². The minimum Gasteiger partial charge on any atom is -0.478 e. The Balaban J connectivity index is 2.50. The highest BCUT2D eigenvalue weighted by Gasteiger charge is 2.20. The zero-order chi connectivity index (χ0) is 15.9. The van der Waals surface area contributed by atoms with Gasteiger partial charge in [0.25, 0.3) is 0 Å². The van der Waals surface area contributed by atoms with Crippen LogP contribution < -0.4 is 0 Å². The molecule has 3 nitrogen and oxygen atoms in total. The first-order chi connectivity index (χ1) is 10.5. The Morgan fingerprint density at radius 3 is 2.41 bits per heavy atom. The van der Waals surface area contributed by atoms with Gasteiger partial charge < -0.3 is 5.11 Å². The zero-order valence-electron chi connectivity index (χ0n) is 12.2. The van der Waals surface area contributed by atoms with Crippen molar-refractivity contribution in [2.75, 3.05) is 0 Å². The molecule has 0 saturated heterocycles. The molecule has 1 aromatic heterocycles. The maximum atomic E-state index is 11.8. The van der Waals surface area contributed by atoms with Crippen LogP contribution in [0.25, 0.3) is 22.2 Å². The van der Waals surface area contributed by atoms with Gasteiger partial charge in [0.1, 0.15) is 0 Å². The Morgan fingerprint density at radius 2 is 1.77 bits per heavy atom. The fourth-order valence-electron chi connectivity index (χ4n) is 2.70. The summed E-state index contributed by atoms with van der Waals surface area (Å²) in [6.45, 7) is 3.75. The first-order valence-electron chi connectivity index (χ1n) is 6.89. The van der Waals surface area contributed by atoms with Crippen LogP contribution in [-0.2, 0) is 0 Å². The standard InChI is InChI=1S/C18H14BrNO2/c1-10-8-9-13(19)15-14(18(21)22)11(2)17(20-16(10)15)12-6-4-3-5-7-12/h3-9H,1-2H3,(H,21,22). The number of pyridine rings is 1. The minimum atomic E-state index is -0.937. The summed E-state index contributed by atoms with van der Waals surface area (Å²) in [5.41, 5.74) is 4.29. The molecule has 0 saturated carbocycles. The number of hydrogen-bond donors (Lipinski definition) is 1. The van der Waals surface area contributed by atoms with Crippen LogP contribution in [0.1, 0.15) is 21.5 Å². The van der Waals surface area contributed by atoms with Gasteiger partial charge in [-0.2, -0.15) is 0 Å². The fraction of sp³-hybridized carbons (Fsp3) is 0.111. The third kappa shape index (κ3) is 2.29. The summed E-state index contributed by atoms with van der Waals surface area (Å²) < 4.78 is 0.751. The molecule has 22 heavy (non-hydrogen) atoms. The lowest BCUT2D eigenvalue weighted by atomic mass is 9.96. The molecule has 0 amide bonds. The Hall–Kier alpha value is -2.20. The molecule has 1 heterocycles. The van der Waals surface area contributed by atoms with Gasteiger partial charge in [-0.1, -0.05) is 52.3 Å². The van der Waals surface area contributed by atoms with Crippen LogP contribution in [0.3, 0.4) is 0 Å². The Kier molecular flexibility index (Phi) is 3.71. The van der Waals surface area contributed by atoms with Crippen molar-refractivity contribution in [3.63, 3.8) is 0 Å². The number of halogens is 1. The lowest BCUT2D eigenvalue weighted by Gasteiger charge is -2.14. The number of carboxylic acid groups (broad SMARTS) is 1. The van der Waals surface area contributed by atoms with E-state index in [1.165, 1.54) is 0 Å². The van der Waals surface area contributed by atoms with Gasteiger partial charge >= 0.3 is 5.97 Å². The number of aryl methyl sites for hydroxylation is 1. The highest BCUT2D eigenvalue weighted by atomic mass is 79.9. The Morgan fingerprint density at radius 1 is 1.09 bits per heavy atom. The average Bonchev–Trinajstić information content (AvgIpc) is 2.51. The molecule has 3 rings (SSSR count). The summed E-state index contributed by atoms with van der Waals surface area (Å²) >= 11 is 3.46. The monoisotopic (exact) mass is 355 g/mol. The number of hydrogen-bond acceptors (Lipinski definition) is 2. The molecule has 4 heteroatoms. The van der Waals surface area contributed by atoms with E-state index < -0.39 is 5.97 Å². The maximum absolute atomic E-state index is 11.8. The van der Waals surface area contributed by atoms with Crippen LogP contribution in [0.2, 0.25) is 0 Å². The third-order valence-corrected chi connectivity index (χ3v) is 4.45. The van der Waals surface area contributed by atoms with E-state index in [9.17, 15) is 9.90 Å². The molecule has 0 radical (unpaired) electrons. The minimum absolute atomic E-state index is 0.305. The van der Waals surface area contributed by atoms with E-state index in [1.54, 1.807) is 0 Å². The van der Waals surface area contributed by atoms with E-state index in [1.807, 2.05) is 56.3 Å². The molecule has 0 atom stereocenters. The van der Waals surface area contributed by atoms with E-state index >= 15 is 0 Å². The topological polar surface area (TPSA) is 50.2 Å². The van der Waals surface area contributed by atoms with Crippen LogP contribution in [0, 0.1) is 13.8 Å². The van der Waals surface area contributed by atoms with E-state index in [0.29, 0.717) is 22.2 Å².